The van der Waals surface area contributed by atoms with Gasteiger partial charge in [0.05, 0.1) is 6.54 Å². The number of para-hydroxylation sites is 2. The van der Waals surface area contributed by atoms with Crippen LogP contribution in [0, 0.1) is 0 Å². The van der Waals surface area contributed by atoms with Gasteiger partial charge < -0.3 is 25.0 Å². The first kappa shape index (κ1) is 25.3. The molecule has 188 valence electrons. The maximum Gasteiger partial charge on any atom is 0.258 e. The summed E-state index contributed by atoms with van der Waals surface area (Å²) in [7, 11) is 1.74. The van der Waals surface area contributed by atoms with Crippen molar-refractivity contribution in [2.24, 2.45) is 0 Å². The Morgan fingerprint density at radius 3 is 2.00 bits per heavy atom. The Morgan fingerprint density at radius 1 is 0.703 bits per heavy atom. The molecule has 37 heavy (non-hydrogen) atoms. The second kappa shape index (κ2) is 12.8. The van der Waals surface area contributed by atoms with Crippen molar-refractivity contribution in [1.82, 2.24) is 0 Å². The van der Waals surface area contributed by atoms with Crippen molar-refractivity contribution in [3.8, 4) is 11.5 Å². The third-order valence-electron chi connectivity index (χ3n) is 5.51. The molecule has 0 aliphatic carbocycles. The van der Waals surface area contributed by atoms with Crippen molar-refractivity contribution in [2.45, 2.75) is 0 Å². The lowest BCUT2D eigenvalue weighted by molar-refractivity contribution is -0.114. The molecular weight excluding hydrogens is 466 g/mol. The smallest absolute Gasteiger partial charge is 0.258 e. The standard InChI is InChI=1S/C30H29N3O4/c1-33(26-11-4-2-5-12-26)30(35)23-9-8-10-25(21-23)31-22-29(34)32-24-15-17-28(18-16-24)37-20-19-36-27-13-6-3-7-14-27/h2-18,21,31H,19-20,22H2,1H3,(H,32,34). The molecule has 0 atom stereocenters. The molecular formula is C30H29N3O4. The van der Waals surface area contributed by atoms with E-state index < -0.39 is 0 Å². The zero-order valence-electron chi connectivity index (χ0n) is 20.6. The van der Waals surface area contributed by atoms with Crippen molar-refractivity contribution >= 4 is 28.9 Å². The number of hydrogen-bond acceptors (Lipinski definition) is 5. The van der Waals surface area contributed by atoms with Gasteiger partial charge in [0.25, 0.3) is 5.91 Å². The van der Waals surface area contributed by atoms with Crippen molar-refractivity contribution < 1.29 is 19.1 Å². The molecule has 0 radical (unpaired) electrons. The summed E-state index contributed by atoms with van der Waals surface area (Å²) in [5, 5.41) is 5.92. The molecule has 0 heterocycles. The van der Waals surface area contributed by atoms with Crippen LogP contribution < -0.4 is 25.0 Å². The molecule has 0 unspecified atom stereocenters. The summed E-state index contributed by atoms with van der Waals surface area (Å²) in [5.41, 5.74) is 2.68. The van der Waals surface area contributed by atoms with Crippen molar-refractivity contribution in [2.75, 3.05) is 42.3 Å². The molecule has 0 saturated heterocycles. The SMILES string of the molecule is CN(C(=O)c1cccc(NCC(=O)Nc2ccc(OCCOc3ccccc3)cc2)c1)c1ccccc1. The lowest BCUT2D eigenvalue weighted by atomic mass is 10.1. The van der Waals surface area contributed by atoms with E-state index in [2.05, 4.69) is 10.6 Å². The summed E-state index contributed by atoms with van der Waals surface area (Å²) >= 11 is 0. The Morgan fingerprint density at radius 2 is 1.32 bits per heavy atom. The lowest BCUT2D eigenvalue weighted by Crippen LogP contribution is -2.26. The van der Waals surface area contributed by atoms with Gasteiger partial charge in [-0.3, -0.25) is 9.59 Å². The Hall–Kier alpha value is -4.78. The summed E-state index contributed by atoms with van der Waals surface area (Å²) in [6.07, 6.45) is 0. The third kappa shape index (κ3) is 7.60. The van der Waals surface area contributed by atoms with Gasteiger partial charge >= 0.3 is 0 Å². The van der Waals surface area contributed by atoms with Crippen LogP contribution in [0.5, 0.6) is 11.5 Å². The van der Waals surface area contributed by atoms with Crippen LogP contribution in [0.1, 0.15) is 10.4 Å². The highest BCUT2D eigenvalue weighted by atomic mass is 16.5. The summed E-state index contributed by atoms with van der Waals surface area (Å²) in [5.74, 6) is 1.15. The number of nitrogens with zero attached hydrogens (tertiary/aromatic N) is 1. The number of carbonyl (C=O) groups excluding carboxylic acids is 2. The van der Waals surface area contributed by atoms with Gasteiger partial charge in [0.15, 0.2) is 0 Å². The fourth-order valence-corrected chi connectivity index (χ4v) is 3.58. The van der Waals surface area contributed by atoms with Gasteiger partial charge in [0.1, 0.15) is 24.7 Å². The lowest BCUT2D eigenvalue weighted by Gasteiger charge is -2.18. The molecule has 0 aliphatic rings. The van der Waals surface area contributed by atoms with Crippen LogP contribution in [-0.4, -0.2) is 38.6 Å². The normalized spacial score (nSPS) is 10.3. The van der Waals surface area contributed by atoms with E-state index in [0.717, 1.165) is 11.4 Å². The average Bonchev–Trinajstić information content (AvgIpc) is 2.95. The first-order valence-corrected chi connectivity index (χ1v) is 12.0. The van der Waals surface area contributed by atoms with E-state index >= 15 is 0 Å². The van der Waals surface area contributed by atoms with Crippen LogP contribution in [0.2, 0.25) is 0 Å². The average molecular weight is 496 g/mol. The highest BCUT2D eigenvalue weighted by Crippen LogP contribution is 2.18. The fraction of sp³-hybridized carbons (Fsp3) is 0.133. The molecule has 0 fully saturated rings. The summed E-state index contributed by atoms with van der Waals surface area (Å²) in [4.78, 5) is 26.9. The van der Waals surface area contributed by atoms with Crippen LogP contribution in [-0.2, 0) is 4.79 Å². The molecule has 2 N–H and O–H groups in total. The maximum atomic E-state index is 12.9. The highest BCUT2D eigenvalue weighted by molar-refractivity contribution is 6.06. The van der Waals surface area contributed by atoms with Gasteiger partial charge in [0, 0.05) is 29.7 Å². The van der Waals surface area contributed by atoms with E-state index in [9.17, 15) is 9.59 Å². The van der Waals surface area contributed by atoms with Crippen molar-refractivity contribution in [1.29, 1.82) is 0 Å². The Labute approximate surface area is 216 Å². The molecule has 4 rings (SSSR count). The highest BCUT2D eigenvalue weighted by Gasteiger charge is 2.14. The van der Waals surface area contributed by atoms with Gasteiger partial charge in [-0.05, 0) is 66.7 Å². The molecule has 0 saturated carbocycles. The minimum absolute atomic E-state index is 0.0568. The van der Waals surface area contributed by atoms with Gasteiger partial charge in [-0.2, -0.15) is 0 Å². The van der Waals surface area contributed by atoms with E-state index in [0.29, 0.717) is 35.9 Å². The van der Waals surface area contributed by atoms with E-state index in [1.165, 1.54) is 0 Å². The zero-order chi connectivity index (χ0) is 25.9. The first-order valence-electron chi connectivity index (χ1n) is 12.0. The van der Waals surface area contributed by atoms with Crippen LogP contribution in [0.4, 0.5) is 17.1 Å². The van der Waals surface area contributed by atoms with Crippen LogP contribution in [0.15, 0.2) is 109 Å². The van der Waals surface area contributed by atoms with Gasteiger partial charge in [-0.15, -0.1) is 0 Å². The molecule has 0 aromatic heterocycles. The number of hydrogen-bond donors (Lipinski definition) is 2. The number of carbonyl (C=O) groups is 2. The van der Waals surface area contributed by atoms with E-state index in [1.54, 1.807) is 54.4 Å². The molecule has 4 aromatic rings. The van der Waals surface area contributed by atoms with Gasteiger partial charge in [-0.25, -0.2) is 0 Å². The zero-order valence-corrected chi connectivity index (χ0v) is 20.6. The summed E-state index contributed by atoms with van der Waals surface area (Å²) in [6.45, 7) is 0.901. The molecule has 0 aliphatic heterocycles. The Bertz CT molecular complexity index is 1300. The molecule has 7 heteroatoms. The second-order valence-electron chi connectivity index (χ2n) is 8.22. The predicted octanol–water partition coefficient (Wildman–Crippen LogP) is 5.47. The Kier molecular flexibility index (Phi) is 8.75. The van der Waals surface area contributed by atoms with Crippen LogP contribution in [0.25, 0.3) is 0 Å². The number of benzene rings is 4. The number of nitrogens with one attached hydrogen (secondary N) is 2. The molecule has 7 nitrogen and oxygen atoms in total. The largest absolute Gasteiger partial charge is 0.490 e. The third-order valence-corrected chi connectivity index (χ3v) is 5.51. The minimum atomic E-state index is -0.205. The molecule has 2 amide bonds. The summed E-state index contributed by atoms with van der Waals surface area (Å²) in [6, 6.07) is 33.3. The van der Waals surface area contributed by atoms with Crippen molar-refractivity contribution in [3.05, 3.63) is 115 Å². The first-order chi connectivity index (χ1) is 18.1. The number of amides is 2. The maximum absolute atomic E-state index is 12.9. The molecule has 4 aromatic carbocycles. The minimum Gasteiger partial charge on any atom is -0.490 e. The van der Waals surface area contributed by atoms with Crippen molar-refractivity contribution in [3.63, 3.8) is 0 Å². The van der Waals surface area contributed by atoms with E-state index in [1.807, 2.05) is 66.7 Å². The van der Waals surface area contributed by atoms with E-state index in [-0.39, 0.29) is 18.4 Å². The number of rotatable bonds is 11. The van der Waals surface area contributed by atoms with Crippen LogP contribution >= 0.6 is 0 Å². The Balaban J connectivity index is 1.22. The number of ether oxygens (including phenoxy) is 2. The topological polar surface area (TPSA) is 79.9 Å². The predicted molar refractivity (Wildman–Crippen MR) is 147 cm³/mol. The quantitative estimate of drug-likeness (QED) is 0.270. The number of anilines is 3. The van der Waals surface area contributed by atoms with Crippen LogP contribution in [0.3, 0.4) is 0 Å². The fourth-order valence-electron chi connectivity index (χ4n) is 3.58. The van der Waals surface area contributed by atoms with Gasteiger partial charge in [-0.1, -0.05) is 42.5 Å². The monoisotopic (exact) mass is 495 g/mol. The van der Waals surface area contributed by atoms with Gasteiger partial charge in [0.2, 0.25) is 5.91 Å². The molecule has 0 bridgehead atoms. The van der Waals surface area contributed by atoms with E-state index in [4.69, 9.17) is 9.47 Å². The summed E-state index contributed by atoms with van der Waals surface area (Å²) < 4.78 is 11.3. The molecule has 0 spiro atoms. The second-order valence-corrected chi connectivity index (χ2v) is 8.22.